The van der Waals surface area contributed by atoms with E-state index < -0.39 is 0 Å². The van der Waals surface area contributed by atoms with E-state index in [2.05, 4.69) is 22.9 Å². The van der Waals surface area contributed by atoms with Crippen LogP contribution in [0.15, 0.2) is 24.3 Å². The molecular weight excluding hydrogens is 290 g/mol. The van der Waals surface area contributed by atoms with Crippen LogP contribution >= 0.6 is 12.4 Å². The predicted octanol–water partition coefficient (Wildman–Crippen LogP) is 1.48. The molecule has 1 aliphatic rings. The van der Waals surface area contributed by atoms with Crippen LogP contribution in [0, 0.1) is 0 Å². The van der Waals surface area contributed by atoms with Crippen molar-refractivity contribution in [1.82, 2.24) is 10.6 Å². The fraction of sp³-hybridized carbons (Fsp3) is 0.467. The number of halogens is 1. The lowest BCUT2D eigenvalue weighted by Crippen LogP contribution is -2.43. The second kappa shape index (κ2) is 8.64. The number of hydrogen-bond donors (Lipinski definition) is 3. The van der Waals surface area contributed by atoms with Gasteiger partial charge in [0.15, 0.2) is 0 Å². The number of nitrogens with one attached hydrogen (secondary N) is 3. The average molecular weight is 312 g/mol. The zero-order valence-electron chi connectivity index (χ0n) is 12.1. The van der Waals surface area contributed by atoms with Crippen molar-refractivity contribution in [2.24, 2.45) is 0 Å². The number of benzene rings is 1. The molecule has 1 saturated heterocycles. The van der Waals surface area contributed by atoms with Gasteiger partial charge in [0.05, 0.1) is 12.6 Å². The van der Waals surface area contributed by atoms with Gasteiger partial charge in [0, 0.05) is 5.69 Å². The largest absolute Gasteiger partial charge is 0.346 e. The zero-order valence-corrected chi connectivity index (χ0v) is 13.0. The number of aryl methyl sites for hydroxylation is 1. The molecule has 6 heteroatoms. The van der Waals surface area contributed by atoms with Crippen molar-refractivity contribution in [2.45, 2.75) is 32.2 Å². The van der Waals surface area contributed by atoms with Crippen molar-refractivity contribution >= 4 is 29.9 Å². The zero-order chi connectivity index (χ0) is 14.4. The summed E-state index contributed by atoms with van der Waals surface area (Å²) in [5.41, 5.74) is 1.93. The number of hydrogen-bond acceptors (Lipinski definition) is 3. The molecule has 1 aromatic carbocycles. The Morgan fingerprint density at radius 1 is 1.38 bits per heavy atom. The molecule has 5 nitrogen and oxygen atoms in total. The van der Waals surface area contributed by atoms with Crippen molar-refractivity contribution in [1.29, 1.82) is 0 Å². The third-order valence-corrected chi connectivity index (χ3v) is 3.42. The van der Waals surface area contributed by atoms with Gasteiger partial charge in [0.1, 0.15) is 0 Å². The first-order valence-corrected chi connectivity index (χ1v) is 7.09. The predicted molar refractivity (Wildman–Crippen MR) is 85.7 cm³/mol. The summed E-state index contributed by atoms with van der Waals surface area (Å²) in [4.78, 5) is 23.5. The average Bonchev–Trinajstić information content (AvgIpc) is 2.99. The fourth-order valence-electron chi connectivity index (χ4n) is 2.27. The molecule has 0 spiro atoms. The van der Waals surface area contributed by atoms with E-state index in [1.54, 1.807) is 0 Å². The number of carbonyl (C=O) groups is 2. The van der Waals surface area contributed by atoms with Gasteiger partial charge in [-0.25, -0.2) is 0 Å². The van der Waals surface area contributed by atoms with Gasteiger partial charge >= 0.3 is 0 Å². The highest BCUT2D eigenvalue weighted by molar-refractivity contribution is 5.95. The molecule has 116 valence electrons. The molecule has 21 heavy (non-hydrogen) atoms. The number of anilines is 1. The summed E-state index contributed by atoms with van der Waals surface area (Å²) in [6.07, 6.45) is 2.77. The molecule has 1 heterocycles. The number of carbonyl (C=O) groups excluding carboxylic acids is 2. The Labute approximate surface area is 131 Å². The molecule has 0 saturated carbocycles. The highest BCUT2D eigenvalue weighted by atomic mass is 35.5. The molecule has 1 unspecified atom stereocenters. The molecule has 0 bridgehead atoms. The molecule has 0 aliphatic carbocycles. The molecule has 1 fully saturated rings. The molecule has 0 radical (unpaired) electrons. The van der Waals surface area contributed by atoms with Gasteiger partial charge in [-0.2, -0.15) is 0 Å². The van der Waals surface area contributed by atoms with E-state index in [0.717, 1.165) is 31.5 Å². The van der Waals surface area contributed by atoms with E-state index in [0.29, 0.717) is 0 Å². The molecule has 1 aliphatic heterocycles. The maximum absolute atomic E-state index is 11.8. The second-order valence-corrected chi connectivity index (χ2v) is 4.97. The van der Waals surface area contributed by atoms with Gasteiger partial charge in [-0.1, -0.05) is 19.1 Å². The quantitative estimate of drug-likeness (QED) is 0.771. The number of rotatable bonds is 5. The first-order valence-electron chi connectivity index (χ1n) is 7.09. The summed E-state index contributed by atoms with van der Waals surface area (Å²) in [5, 5.41) is 8.55. The molecule has 0 aromatic heterocycles. The standard InChI is InChI=1S/C15H21N3O2.ClH/c1-2-11-5-3-6-12(9-11)18-14(19)10-17-15(20)13-7-4-8-16-13;/h3,5-6,9,13,16H,2,4,7-8,10H2,1H3,(H,17,20)(H,18,19);1H. The third kappa shape index (κ3) is 5.36. The Morgan fingerprint density at radius 2 is 2.19 bits per heavy atom. The Hall–Kier alpha value is -1.59. The van der Waals surface area contributed by atoms with Crippen LogP contribution < -0.4 is 16.0 Å². The van der Waals surface area contributed by atoms with Crippen molar-refractivity contribution in [2.75, 3.05) is 18.4 Å². The van der Waals surface area contributed by atoms with E-state index in [-0.39, 0.29) is 36.8 Å². The minimum atomic E-state index is -0.204. The van der Waals surface area contributed by atoms with Gasteiger partial charge in [-0.05, 0) is 43.5 Å². The van der Waals surface area contributed by atoms with E-state index in [1.807, 2.05) is 24.3 Å². The molecular formula is C15H22ClN3O2. The van der Waals surface area contributed by atoms with Crippen LogP contribution in [-0.2, 0) is 16.0 Å². The van der Waals surface area contributed by atoms with Crippen LogP contribution in [0.5, 0.6) is 0 Å². The molecule has 2 amide bonds. The maximum atomic E-state index is 11.8. The highest BCUT2D eigenvalue weighted by Gasteiger charge is 2.21. The van der Waals surface area contributed by atoms with Crippen LogP contribution in [-0.4, -0.2) is 30.9 Å². The van der Waals surface area contributed by atoms with Crippen LogP contribution in [0.3, 0.4) is 0 Å². The first kappa shape index (κ1) is 17.5. The lowest BCUT2D eigenvalue weighted by atomic mass is 10.1. The van der Waals surface area contributed by atoms with Crippen LogP contribution in [0.4, 0.5) is 5.69 Å². The first-order chi connectivity index (χ1) is 9.69. The lowest BCUT2D eigenvalue weighted by Gasteiger charge is -2.11. The van der Waals surface area contributed by atoms with Gasteiger partial charge in [0.25, 0.3) is 0 Å². The highest BCUT2D eigenvalue weighted by Crippen LogP contribution is 2.10. The minimum Gasteiger partial charge on any atom is -0.346 e. The van der Waals surface area contributed by atoms with Crippen molar-refractivity contribution in [3.05, 3.63) is 29.8 Å². The van der Waals surface area contributed by atoms with Crippen molar-refractivity contribution < 1.29 is 9.59 Å². The third-order valence-electron chi connectivity index (χ3n) is 3.42. The maximum Gasteiger partial charge on any atom is 0.243 e. The van der Waals surface area contributed by atoms with E-state index in [4.69, 9.17) is 0 Å². The normalized spacial score (nSPS) is 16.9. The Kier molecular flexibility index (Phi) is 7.19. The minimum absolute atomic E-state index is 0. The van der Waals surface area contributed by atoms with E-state index >= 15 is 0 Å². The summed E-state index contributed by atoms with van der Waals surface area (Å²) in [7, 11) is 0. The summed E-state index contributed by atoms with van der Waals surface area (Å²) >= 11 is 0. The number of amides is 2. The van der Waals surface area contributed by atoms with Gasteiger partial charge in [-0.15, -0.1) is 12.4 Å². The van der Waals surface area contributed by atoms with Crippen LogP contribution in [0.2, 0.25) is 0 Å². The molecule has 2 rings (SSSR count). The smallest absolute Gasteiger partial charge is 0.243 e. The summed E-state index contributed by atoms with van der Waals surface area (Å²) in [5.74, 6) is -0.301. The summed E-state index contributed by atoms with van der Waals surface area (Å²) < 4.78 is 0. The second-order valence-electron chi connectivity index (χ2n) is 4.97. The van der Waals surface area contributed by atoms with Crippen LogP contribution in [0.1, 0.15) is 25.3 Å². The molecule has 1 atom stereocenters. The van der Waals surface area contributed by atoms with E-state index in [9.17, 15) is 9.59 Å². The Balaban J connectivity index is 0.00000220. The monoisotopic (exact) mass is 311 g/mol. The van der Waals surface area contributed by atoms with Gasteiger partial charge < -0.3 is 16.0 Å². The van der Waals surface area contributed by atoms with Gasteiger partial charge in [-0.3, -0.25) is 9.59 Å². The summed E-state index contributed by atoms with van der Waals surface area (Å²) in [6, 6.07) is 7.57. The molecule has 1 aromatic rings. The summed E-state index contributed by atoms with van der Waals surface area (Å²) in [6.45, 7) is 2.94. The topological polar surface area (TPSA) is 70.2 Å². The Bertz CT molecular complexity index is 488. The van der Waals surface area contributed by atoms with Crippen LogP contribution in [0.25, 0.3) is 0 Å². The molecule has 3 N–H and O–H groups in total. The lowest BCUT2D eigenvalue weighted by molar-refractivity contribution is -0.125. The van der Waals surface area contributed by atoms with Gasteiger partial charge in [0.2, 0.25) is 11.8 Å². The Morgan fingerprint density at radius 3 is 2.86 bits per heavy atom. The van der Waals surface area contributed by atoms with Crippen molar-refractivity contribution in [3.8, 4) is 0 Å². The van der Waals surface area contributed by atoms with Crippen molar-refractivity contribution in [3.63, 3.8) is 0 Å². The fourth-order valence-corrected chi connectivity index (χ4v) is 2.27. The van der Waals surface area contributed by atoms with E-state index in [1.165, 1.54) is 5.56 Å². The SMILES string of the molecule is CCc1cccc(NC(=O)CNC(=O)C2CCCN2)c1.Cl.